The van der Waals surface area contributed by atoms with Gasteiger partial charge in [-0.1, -0.05) is 13.0 Å². The molecule has 7 nitrogen and oxygen atoms in total. The van der Waals surface area contributed by atoms with Crippen molar-refractivity contribution >= 4 is 39.7 Å². The number of nitrogens with two attached hydrogens (primary N) is 1. The lowest BCUT2D eigenvalue weighted by Gasteiger charge is -2.18. The van der Waals surface area contributed by atoms with Gasteiger partial charge in [0, 0.05) is 16.1 Å². The van der Waals surface area contributed by atoms with Crippen molar-refractivity contribution in [3.05, 3.63) is 69.5 Å². The highest BCUT2D eigenvalue weighted by Gasteiger charge is 2.27. The topological polar surface area (TPSA) is 114 Å². The van der Waals surface area contributed by atoms with E-state index in [-0.39, 0.29) is 11.7 Å². The summed E-state index contributed by atoms with van der Waals surface area (Å²) in [6, 6.07) is 8.22. The Labute approximate surface area is 183 Å². The lowest BCUT2D eigenvalue weighted by atomic mass is 9.88. The summed E-state index contributed by atoms with van der Waals surface area (Å²) in [7, 11) is 0. The minimum absolute atomic E-state index is 0.179. The van der Waals surface area contributed by atoms with Crippen LogP contribution in [0.1, 0.15) is 60.6 Å². The molecule has 0 aliphatic heterocycles. The lowest BCUT2D eigenvalue weighted by molar-refractivity contribution is 0.0988. The number of hydrogen-bond donors (Lipinski definition) is 3. The zero-order chi connectivity index (χ0) is 22.1. The van der Waals surface area contributed by atoms with Crippen LogP contribution in [0, 0.1) is 12.8 Å². The van der Waals surface area contributed by atoms with Gasteiger partial charge in [-0.3, -0.25) is 14.4 Å². The number of fused-ring (bicyclic) bond motifs is 1. The highest BCUT2D eigenvalue weighted by Crippen LogP contribution is 2.39. The molecule has 8 heteroatoms. The molecule has 0 unspecified atom stereocenters. The van der Waals surface area contributed by atoms with Gasteiger partial charge in [0.2, 0.25) is 0 Å². The quantitative estimate of drug-likeness (QED) is 0.549. The molecule has 3 amide bonds. The Morgan fingerprint density at radius 1 is 1.16 bits per heavy atom. The number of benzene rings is 1. The van der Waals surface area contributed by atoms with Crippen molar-refractivity contribution in [1.82, 2.24) is 0 Å². The third-order valence-corrected chi connectivity index (χ3v) is 6.65. The van der Waals surface area contributed by atoms with Crippen LogP contribution in [0.25, 0.3) is 0 Å². The van der Waals surface area contributed by atoms with Crippen molar-refractivity contribution in [2.75, 3.05) is 10.6 Å². The maximum absolute atomic E-state index is 13.0. The maximum Gasteiger partial charge on any atom is 0.291 e. The van der Waals surface area contributed by atoms with Crippen molar-refractivity contribution in [1.29, 1.82) is 0 Å². The number of rotatable bonds is 5. The summed E-state index contributed by atoms with van der Waals surface area (Å²) < 4.78 is 5.11. The number of primary amides is 1. The smallest absolute Gasteiger partial charge is 0.291 e. The van der Waals surface area contributed by atoms with E-state index in [1.807, 2.05) is 6.92 Å². The second-order valence-corrected chi connectivity index (χ2v) is 8.94. The highest BCUT2D eigenvalue weighted by atomic mass is 32.1. The molecule has 2 heterocycles. The van der Waals surface area contributed by atoms with Crippen LogP contribution in [-0.4, -0.2) is 17.7 Å². The zero-order valence-electron chi connectivity index (χ0n) is 17.3. The fourth-order valence-corrected chi connectivity index (χ4v) is 5.18. The summed E-state index contributed by atoms with van der Waals surface area (Å²) in [5, 5.41) is 6.10. The first-order chi connectivity index (χ1) is 14.8. The van der Waals surface area contributed by atoms with E-state index in [4.69, 9.17) is 10.2 Å². The van der Waals surface area contributed by atoms with Gasteiger partial charge in [0.15, 0.2) is 5.76 Å². The van der Waals surface area contributed by atoms with Crippen LogP contribution < -0.4 is 16.4 Å². The summed E-state index contributed by atoms with van der Waals surface area (Å²) in [6.45, 7) is 4.01. The molecule has 2 aromatic heterocycles. The van der Waals surface area contributed by atoms with E-state index in [2.05, 4.69) is 17.6 Å². The zero-order valence-corrected chi connectivity index (χ0v) is 18.1. The number of thiophene rings is 1. The van der Waals surface area contributed by atoms with Crippen LogP contribution >= 0.6 is 11.3 Å². The molecule has 1 aliphatic carbocycles. The number of amides is 3. The van der Waals surface area contributed by atoms with Crippen molar-refractivity contribution < 1.29 is 18.8 Å². The Bertz CT molecular complexity index is 1160. The molecule has 0 fully saturated rings. The van der Waals surface area contributed by atoms with Crippen LogP contribution in [0.4, 0.5) is 10.7 Å². The molecule has 1 aromatic carbocycles. The van der Waals surface area contributed by atoms with Gasteiger partial charge < -0.3 is 20.8 Å². The molecule has 160 valence electrons. The van der Waals surface area contributed by atoms with Gasteiger partial charge in [-0.05, 0) is 67.5 Å². The standard InChI is InChI=1S/C23H23N3O4S/c1-12-5-8-15-18(10-12)31-23(19(15)20(24)27)26-21(28)14-7-6-13(2)16(11-14)25-22(29)17-4-3-9-30-17/h3-4,6-7,9,11-12H,5,8,10H2,1-2H3,(H2,24,27)(H,25,29)(H,26,28)/t12-/m1/s1. The largest absolute Gasteiger partial charge is 0.459 e. The molecular weight excluding hydrogens is 414 g/mol. The molecule has 0 saturated heterocycles. The lowest BCUT2D eigenvalue weighted by Crippen LogP contribution is -2.19. The number of anilines is 2. The van der Waals surface area contributed by atoms with Crippen LogP contribution in [0.3, 0.4) is 0 Å². The second-order valence-electron chi connectivity index (χ2n) is 7.84. The van der Waals surface area contributed by atoms with Gasteiger partial charge in [0.1, 0.15) is 5.00 Å². The van der Waals surface area contributed by atoms with Gasteiger partial charge >= 0.3 is 0 Å². The Kier molecular flexibility index (Phi) is 5.65. The van der Waals surface area contributed by atoms with E-state index in [1.165, 1.54) is 17.6 Å². The van der Waals surface area contributed by atoms with Crippen LogP contribution in [0.15, 0.2) is 41.0 Å². The Morgan fingerprint density at radius 2 is 1.97 bits per heavy atom. The number of furan rings is 1. The highest BCUT2D eigenvalue weighted by molar-refractivity contribution is 7.17. The molecule has 3 aromatic rings. The van der Waals surface area contributed by atoms with Gasteiger partial charge in [0.05, 0.1) is 11.8 Å². The van der Waals surface area contributed by atoms with Gasteiger partial charge in [-0.25, -0.2) is 0 Å². The average Bonchev–Trinajstić information content (AvgIpc) is 3.37. The second kappa shape index (κ2) is 8.39. The first-order valence-electron chi connectivity index (χ1n) is 10.0. The van der Waals surface area contributed by atoms with Crippen molar-refractivity contribution in [2.24, 2.45) is 11.7 Å². The number of aryl methyl sites for hydroxylation is 1. The van der Waals surface area contributed by atoms with Crippen molar-refractivity contribution in [3.8, 4) is 0 Å². The molecule has 31 heavy (non-hydrogen) atoms. The third kappa shape index (κ3) is 4.25. The SMILES string of the molecule is Cc1ccc(C(=O)Nc2sc3c(c2C(N)=O)CC[C@@H](C)C3)cc1NC(=O)c1ccco1. The first-order valence-corrected chi connectivity index (χ1v) is 10.9. The molecule has 0 saturated carbocycles. The van der Waals surface area contributed by atoms with Crippen LogP contribution in [-0.2, 0) is 12.8 Å². The molecule has 0 radical (unpaired) electrons. The predicted molar refractivity (Wildman–Crippen MR) is 120 cm³/mol. The first kappa shape index (κ1) is 20.9. The maximum atomic E-state index is 13.0. The number of nitrogens with one attached hydrogen (secondary N) is 2. The Balaban J connectivity index is 1.58. The normalized spacial score (nSPS) is 15.2. The molecule has 1 aliphatic rings. The number of hydrogen-bond acceptors (Lipinski definition) is 5. The van der Waals surface area contributed by atoms with Gasteiger partial charge in [-0.15, -0.1) is 11.3 Å². The van der Waals surface area contributed by atoms with Gasteiger partial charge in [-0.2, -0.15) is 0 Å². The Morgan fingerprint density at radius 3 is 2.68 bits per heavy atom. The average molecular weight is 438 g/mol. The summed E-state index contributed by atoms with van der Waals surface area (Å²) in [5.74, 6) is -0.589. The minimum Gasteiger partial charge on any atom is -0.459 e. The summed E-state index contributed by atoms with van der Waals surface area (Å²) in [4.78, 5) is 38.5. The van der Waals surface area contributed by atoms with E-state index in [1.54, 1.807) is 30.3 Å². The monoisotopic (exact) mass is 437 g/mol. The van der Waals surface area contributed by atoms with Crippen molar-refractivity contribution in [3.63, 3.8) is 0 Å². The summed E-state index contributed by atoms with van der Waals surface area (Å²) in [5.41, 5.74) is 8.67. The van der Waals surface area contributed by atoms with E-state index in [9.17, 15) is 14.4 Å². The molecule has 4 N–H and O–H groups in total. The van der Waals surface area contributed by atoms with Gasteiger partial charge in [0.25, 0.3) is 17.7 Å². The van der Waals surface area contributed by atoms with E-state index < -0.39 is 11.8 Å². The number of carbonyl (C=O) groups excluding carboxylic acids is 3. The molecule has 1 atom stereocenters. The summed E-state index contributed by atoms with van der Waals surface area (Å²) in [6.07, 6.45) is 4.08. The van der Waals surface area contributed by atoms with E-state index in [0.29, 0.717) is 27.7 Å². The molecule has 4 rings (SSSR count). The van der Waals surface area contributed by atoms with E-state index in [0.717, 1.165) is 35.3 Å². The number of carbonyl (C=O) groups is 3. The fraction of sp³-hybridized carbons (Fsp3) is 0.261. The van der Waals surface area contributed by atoms with Crippen molar-refractivity contribution in [2.45, 2.75) is 33.1 Å². The van der Waals surface area contributed by atoms with E-state index >= 15 is 0 Å². The molecular formula is C23H23N3O4S. The third-order valence-electron chi connectivity index (χ3n) is 5.48. The Hall–Kier alpha value is -3.39. The summed E-state index contributed by atoms with van der Waals surface area (Å²) >= 11 is 1.42. The van der Waals surface area contributed by atoms with Crippen LogP contribution in [0.5, 0.6) is 0 Å². The predicted octanol–water partition coefficient (Wildman–Crippen LogP) is 4.38. The minimum atomic E-state index is -0.530. The fourth-order valence-electron chi connectivity index (χ4n) is 3.76. The van der Waals surface area contributed by atoms with Crippen LogP contribution in [0.2, 0.25) is 0 Å². The molecule has 0 bridgehead atoms. The molecule has 0 spiro atoms.